The maximum atomic E-state index is 12.6. The Morgan fingerprint density at radius 1 is 0.921 bits per heavy atom. The molecule has 1 heterocycles. The Hall–Kier alpha value is -4.02. The van der Waals surface area contributed by atoms with Gasteiger partial charge in [-0.25, -0.2) is 0 Å². The average Bonchev–Trinajstić information content (AvgIpc) is 3.34. The molecule has 0 saturated carbocycles. The van der Waals surface area contributed by atoms with E-state index < -0.39 is 0 Å². The van der Waals surface area contributed by atoms with Crippen LogP contribution in [0.1, 0.15) is 12.7 Å². The van der Waals surface area contributed by atoms with Gasteiger partial charge < -0.3 is 20.1 Å². The fourth-order valence-electron chi connectivity index (χ4n) is 3.41. The van der Waals surface area contributed by atoms with E-state index in [0.717, 1.165) is 5.75 Å². The van der Waals surface area contributed by atoms with Crippen LogP contribution in [0.2, 0.25) is 5.02 Å². The number of anilines is 1. The maximum absolute atomic E-state index is 12.6. The van der Waals surface area contributed by atoms with Crippen LogP contribution in [0.3, 0.4) is 0 Å². The van der Waals surface area contributed by atoms with Crippen LogP contribution >= 0.6 is 23.4 Å². The molecule has 4 rings (SSSR count). The molecule has 2 amide bonds. The highest BCUT2D eigenvalue weighted by atomic mass is 35.5. The molecule has 0 aliphatic rings. The molecule has 0 spiro atoms. The molecule has 11 heteroatoms. The predicted octanol–water partition coefficient (Wildman–Crippen LogP) is 4.75. The first kappa shape index (κ1) is 27.0. The lowest BCUT2D eigenvalue weighted by molar-refractivity contribution is -0.123. The smallest absolute Gasteiger partial charge is 0.258 e. The van der Waals surface area contributed by atoms with Crippen molar-refractivity contribution < 1.29 is 19.1 Å². The van der Waals surface area contributed by atoms with E-state index in [1.165, 1.54) is 11.8 Å². The van der Waals surface area contributed by atoms with Gasteiger partial charge in [0.25, 0.3) is 5.91 Å². The van der Waals surface area contributed by atoms with Gasteiger partial charge in [-0.3, -0.25) is 14.2 Å². The fraction of sp³-hybridized carbons (Fsp3) is 0.185. The molecular weight excluding hydrogens is 526 g/mol. The Balaban J connectivity index is 1.40. The minimum atomic E-state index is -0.307. The molecular formula is C27H26ClN5O4S. The average molecular weight is 552 g/mol. The SMILES string of the molecule is CCOc1ccc(NC(=O)CSc2nnc(CNC(=O)COc3ccccc3)n2-c2cccc(Cl)c2)cc1. The van der Waals surface area contributed by atoms with E-state index in [1.807, 2.05) is 31.2 Å². The largest absolute Gasteiger partial charge is 0.494 e. The van der Waals surface area contributed by atoms with Crippen molar-refractivity contribution in [3.8, 4) is 17.2 Å². The van der Waals surface area contributed by atoms with E-state index in [1.54, 1.807) is 59.2 Å². The Bertz CT molecular complexity index is 1370. The molecule has 0 bridgehead atoms. The van der Waals surface area contributed by atoms with E-state index in [0.29, 0.717) is 39.7 Å². The first-order valence-electron chi connectivity index (χ1n) is 11.8. The Labute approximate surface area is 229 Å². The highest BCUT2D eigenvalue weighted by Crippen LogP contribution is 2.24. The molecule has 3 aromatic carbocycles. The van der Waals surface area contributed by atoms with Gasteiger partial charge in [0.15, 0.2) is 17.6 Å². The van der Waals surface area contributed by atoms with Gasteiger partial charge in [-0.2, -0.15) is 0 Å². The van der Waals surface area contributed by atoms with Gasteiger partial charge in [-0.15, -0.1) is 10.2 Å². The maximum Gasteiger partial charge on any atom is 0.258 e. The molecule has 9 nitrogen and oxygen atoms in total. The van der Waals surface area contributed by atoms with Crippen LogP contribution in [-0.2, 0) is 16.1 Å². The van der Waals surface area contributed by atoms with E-state index in [2.05, 4.69) is 20.8 Å². The third-order valence-corrected chi connectivity index (χ3v) is 6.27. The zero-order valence-corrected chi connectivity index (χ0v) is 22.2. The number of para-hydroxylation sites is 1. The number of halogens is 1. The summed E-state index contributed by atoms with van der Waals surface area (Å²) >= 11 is 7.44. The number of aromatic nitrogens is 3. The number of hydrogen-bond acceptors (Lipinski definition) is 7. The summed E-state index contributed by atoms with van der Waals surface area (Å²) in [7, 11) is 0. The quantitative estimate of drug-likeness (QED) is 0.245. The summed E-state index contributed by atoms with van der Waals surface area (Å²) < 4.78 is 12.7. The highest BCUT2D eigenvalue weighted by Gasteiger charge is 2.17. The lowest BCUT2D eigenvalue weighted by Crippen LogP contribution is -2.29. The molecule has 196 valence electrons. The number of rotatable bonds is 12. The van der Waals surface area contributed by atoms with Crippen molar-refractivity contribution >= 4 is 40.9 Å². The Morgan fingerprint density at radius 2 is 1.68 bits per heavy atom. The van der Waals surface area contributed by atoms with Crippen molar-refractivity contribution in [1.82, 2.24) is 20.1 Å². The lowest BCUT2D eigenvalue weighted by Gasteiger charge is -2.12. The Kier molecular flexibility index (Phi) is 9.60. The summed E-state index contributed by atoms with van der Waals surface area (Å²) in [4.78, 5) is 25.0. The van der Waals surface area contributed by atoms with Crippen LogP contribution in [0.25, 0.3) is 5.69 Å². The summed E-state index contributed by atoms with van der Waals surface area (Å²) in [6.07, 6.45) is 0. The summed E-state index contributed by atoms with van der Waals surface area (Å²) in [5, 5.41) is 15.2. The monoisotopic (exact) mass is 551 g/mol. The van der Waals surface area contributed by atoms with Gasteiger partial charge >= 0.3 is 0 Å². The van der Waals surface area contributed by atoms with Crippen molar-refractivity contribution in [3.63, 3.8) is 0 Å². The predicted molar refractivity (Wildman–Crippen MR) is 147 cm³/mol. The second-order valence-corrected chi connectivity index (χ2v) is 9.27. The summed E-state index contributed by atoms with van der Waals surface area (Å²) in [6, 6.07) is 23.4. The molecule has 0 aliphatic carbocycles. The molecule has 0 fully saturated rings. The van der Waals surface area contributed by atoms with Crippen LogP contribution in [-0.4, -0.2) is 45.5 Å². The number of nitrogens with zero attached hydrogens (tertiary/aromatic N) is 3. The van der Waals surface area contributed by atoms with Gasteiger partial charge in [0.05, 0.1) is 24.6 Å². The minimum Gasteiger partial charge on any atom is -0.494 e. The third kappa shape index (κ3) is 7.74. The van der Waals surface area contributed by atoms with E-state index in [-0.39, 0.29) is 30.7 Å². The topological polar surface area (TPSA) is 107 Å². The van der Waals surface area contributed by atoms with Gasteiger partial charge in [-0.05, 0) is 61.5 Å². The number of hydrogen-bond donors (Lipinski definition) is 2. The van der Waals surface area contributed by atoms with Crippen molar-refractivity contribution in [2.45, 2.75) is 18.6 Å². The van der Waals surface area contributed by atoms with E-state index in [9.17, 15) is 9.59 Å². The zero-order valence-electron chi connectivity index (χ0n) is 20.6. The van der Waals surface area contributed by atoms with Gasteiger partial charge in [0.1, 0.15) is 11.5 Å². The molecule has 0 radical (unpaired) electrons. The number of benzene rings is 3. The molecule has 4 aromatic rings. The normalized spacial score (nSPS) is 10.6. The number of carbonyl (C=O) groups is 2. The third-order valence-electron chi connectivity index (χ3n) is 5.11. The van der Waals surface area contributed by atoms with E-state index in [4.69, 9.17) is 21.1 Å². The summed E-state index contributed by atoms with van der Waals surface area (Å²) in [5.41, 5.74) is 1.37. The number of carbonyl (C=O) groups excluding carboxylic acids is 2. The molecule has 0 saturated heterocycles. The van der Waals surface area contributed by atoms with Gasteiger partial charge in [0, 0.05) is 10.7 Å². The lowest BCUT2D eigenvalue weighted by atomic mass is 10.3. The first-order valence-corrected chi connectivity index (χ1v) is 13.2. The second-order valence-electron chi connectivity index (χ2n) is 7.89. The highest BCUT2D eigenvalue weighted by molar-refractivity contribution is 7.99. The Morgan fingerprint density at radius 3 is 2.42 bits per heavy atom. The summed E-state index contributed by atoms with van der Waals surface area (Å²) in [5.74, 6) is 1.41. The van der Waals surface area contributed by atoms with Crippen LogP contribution in [0.4, 0.5) is 5.69 Å². The molecule has 0 unspecified atom stereocenters. The van der Waals surface area contributed by atoms with Crippen molar-refractivity contribution in [3.05, 3.63) is 89.7 Å². The van der Waals surface area contributed by atoms with Crippen molar-refractivity contribution in [2.24, 2.45) is 0 Å². The van der Waals surface area contributed by atoms with Crippen LogP contribution in [0.15, 0.2) is 84.0 Å². The first-order chi connectivity index (χ1) is 18.5. The standard InChI is InChI=1S/C27H26ClN5O4S/c1-2-36-23-13-11-20(12-14-23)30-26(35)18-38-27-32-31-24(33(27)21-8-6-7-19(28)15-21)16-29-25(34)17-37-22-9-4-3-5-10-22/h3-15H,2,16-18H2,1H3,(H,29,34)(H,30,35). The molecule has 38 heavy (non-hydrogen) atoms. The number of thioether (sulfide) groups is 1. The van der Waals surface area contributed by atoms with Crippen LogP contribution in [0.5, 0.6) is 11.5 Å². The second kappa shape index (κ2) is 13.5. The van der Waals surface area contributed by atoms with Gasteiger partial charge in [0.2, 0.25) is 5.91 Å². The number of nitrogens with one attached hydrogen (secondary N) is 2. The zero-order chi connectivity index (χ0) is 26.7. The van der Waals surface area contributed by atoms with Crippen molar-refractivity contribution in [1.29, 1.82) is 0 Å². The summed E-state index contributed by atoms with van der Waals surface area (Å²) in [6.45, 7) is 2.45. The van der Waals surface area contributed by atoms with E-state index >= 15 is 0 Å². The number of amides is 2. The van der Waals surface area contributed by atoms with Crippen LogP contribution in [0, 0.1) is 0 Å². The number of ether oxygens (including phenoxy) is 2. The molecule has 0 atom stereocenters. The molecule has 2 N–H and O–H groups in total. The van der Waals surface area contributed by atoms with Gasteiger partial charge in [-0.1, -0.05) is 47.6 Å². The van der Waals surface area contributed by atoms with Crippen LogP contribution < -0.4 is 20.1 Å². The molecule has 1 aromatic heterocycles. The molecule has 0 aliphatic heterocycles. The fourth-order valence-corrected chi connectivity index (χ4v) is 4.36. The van der Waals surface area contributed by atoms with Crippen molar-refractivity contribution in [2.75, 3.05) is 24.3 Å². The minimum absolute atomic E-state index is 0.100.